The van der Waals surface area contributed by atoms with E-state index in [0.717, 1.165) is 42.6 Å². The third-order valence-corrected chi connectivity index (χ3v) is 5.81. The number of ether oxygens (including phenoxy) is 1. The number of carbonyl (C=O) groups is 1. The molecule has 0 unspecified atom stereocenters. The quantitative estimate of drug-likeness (QED) is 0.684. The lowest BCUT2D eigenvalue weighted by atomic mass is 9.85. The highest BCUT2D eigenvalue weighted by Gasteiger charge is 2.29. The molecule has 0 spiro atoms. The van der Waals surface area contributed by atoms with Gasteiger partial charge < -0.3 is 15.0 Å². The predicted molar refractivity (Wildman–Crippen MR) is 110 cm³/mol. The number of hydrogen-bond acceptors (Lipinski definition) is 3. The second-order valence-corrected chi connectivity index (χ2v) is 7.56. The SMILES string of the molecule is COc1ccc(NC(=O)[C@H]2CC[C@@H](n3c(=O)[nH]c4c(Cl)cccc43)CC2)cc1. The fourth-order valence-electron chi connectivity index (χ4n) is 3.99. The zero-order valence-corrected chi connectivity index (χ0v) is 16.3. The maximum atomic E-state index is 12.6. The number of aromatic nitrogens is 2. The summed E-state index contributed by atoms with van der Waals surface area (Å²) in [5.41, 5.74) is 2.11. The van der Waals surface area contributed by atoms with Crippen LogP contribution >= 0.6 is 11.6 Å². The van der Waals surface area contributed by atoms with Crippen LogP contribution in [-0.2, 0) is 4.79 Å². The number of benzene rings is 2. The van der Waals surface area contributed by atoms with Crippen LogP contribution in [0, 0.1) is 5.92 Å². The number of aromatic amines is 1. The molecule has 1 aromatic heterocycles. The van der Waals surface area contributed by atoms with Crippen LogP contribution in [0.3, 0.4) is 0 Å². The average molecular weight is 400 g/mol. The number of hydrogen-bond donors (Lipinski definition) is 2. The number of amides is 1. The lowest BCUT2D eigenvalue weighted by Crippen LogP contribution is -2.31. The average Bonchev–Trinajstić information content (AvgIpc) is 3.06. The van der Waals surface area contributed by atoms with Gasteiger partial charge in [0.25, 0.3) is 0 Å². The molecule has 0 saturated heterocycles. The van der Waals surface area contributed by atoms with Gasteiger partial charge in [-0.25, -0.2) is 4.79 Å². The first-order chi connectivity index (χ1) is 13.6. The minimum absolute atomic E-state index is 0.0259. The molecule has 1 aliphatic carbocycles. The Hall–Kier alpha value is -2.73. The van der Waals surface area contributed by atoms with Gasteiger partial charge in [-0.05, 0) is 62.1 Å². The number of imidazole rings is 1. The van der Waals surface area contributed by atoms with Crippen LogP contribution in [0.2, 0.25) is 5.02 Å². The van der Waals surface area contributed by atoms with E-state index in [9.17, 15) is 9.59 Å². The number of rotatable bonds is 4. The van der Waals surface area contributed by atoms with E-state index in [1.165, 1.54) is 0 Å². The summed E-state index contributed by atoms with van der Waals surface area (Å²) < 4.78 is 6.92. The van der Waals surface area contributed by atoms with Crippen LogP contribution in [0.15, 0.2) is 47.3 Å². The van der Waals surface area contributed by atoms with Crippen molar-refractivity contribution in [1.82, 2.24) is 9.55 Å². The molecule has 7 heteroatoms. The van der Waals surface area contributed by atoms with Crippen molar-refractivity contribution in [3.63, 3.8) is 0 Å². The molecule has 1 fully saturated rings. The van der Waals surface area contributed by atoms with Crippen molar-refractivity contribution in [1.29, 1.82) is 0 Å². The van der Waals surface area contributed by atoms with E-state index in [1.807, 2.05) is 36.4 Å². The summed E-state index contributed by atoms with van der Waals surface area (Å²) in [5, 5.41) is 3.52. The third-order valence-electron chi connectivity index (χ3n) is 5.49. The van der Waals surface area contributed by atoms with Crippen LogP contribution in [0.4, 0.5) is 5.69 Å². The molecule has 2 aromatic carbocycles. The van der Waals surface area contributed by atoms with Crippen molar-refractivity contribution in [3.05, 3.63) is 58.0 Å². The highest BCUT2D eigenvalue weighted by atomic mass is 35.5. The fraction of sp³-hybridized carbons (Fsp3) is 0.333. The molecule has 4 rings (SSSR count). The molecule has 0 aliphatic heterocycles. The molecule has 0 radical (unpaired) electrons. The van der Waals surface area contributed by atoms with Crippen molar-refractivity contribution in [2.45, 2.75) is 31.7 Å². The minimum Gasteiger partial charge on any atom is -0.497 e. The number of carbonyl (C=O) groups excluding carboxylic acids is 1. The number of para-hydroxylation sites is 1. The summed E-state index contributed by atoms with van der Waals surface area (Å²) in [6, 6.07) is 12.9. The molecule has 1 aliphatic rings. The van der Waals surface area contributed by atoms with Crippen molar-refractivity contribution in [2.24, 2.45) is 5.92 Å². The zero-order chi connectivity index (χ0) is 19.7. The Morgan fingerprint density at radius 1 is 1.14 bits per heavy atom. The second-order valence-electron chi connectivity index (χ2n) is 7.16. The van der Waals surface area contributed by atoms with Gasteiger partial charge in [0, 0.05) is 17.6 Å². The van der Waals surface area contributed by atoms with E-state index in [0.29, 0.717) is 10.5 Å². The molecule has 1 saturated carbocycles. The van der Waals surface area contributed by atoms with Crippen molar-refractivity contribution >= 4 is 34.2 Å². The van der Waals surface area contributed by atoms with E-state index in [4.69, 9.17) is 16.3 Å². The molecule has 28 heavy (non-hydrogen) atoms. The summed E-state index contributed by atoms with van der Waals surface area (Å²) in [7, 11) is 1.61. The van der Waals surface area contributed by atoms with Crippen molar-refractivity contribution in [3.8, 4) is 5.75 Å². The van der Waals surface area contributed by atoms with Gasteiger partial charge in [-0.3, -0.25) is 9.36 Å². The predicted octanol–water partition coefficient (Wildman–Crippen LogP) is 4.36. The topological polar surface area (TPSA) is 76.1 Å². The largest absolute Gasteiger partial charge is 0.497 e. The number of nitrogens with zero attached hydrogens (tertiary/aromatic N) is 1. The normalized spacial score (nSPS) is 19.5. The maximum Gasteiger partial charge on any atom is 0.326 e. The Bertz CT molecular complexity index is 1050. The molecule has 0 bridgehead atoms. The number of anilines is 1. The monoisotopic (exact) mass is 399 g/mol. The fourth-order valence-corrected chi connectivity index (χ4v) is 4.21. The number of fused-ring (bicyclic) bond motifs is 1. The van der Waals surface area contributed by atoms with E-state index in [2.05, 4.69) is 10.3 Å². The van der Waals surface area contributed by atoms with Gasteiger partial charge in [-0.2, -0.15) is 0 Å². The minimum atomic E-state index is -0.144. The van der Waals surface area contributed by atoms with Gasteiger partial charge in [0.15, 0.2) is 0 Å². The molecule has 1 heterocycles. The molecular formula is C21H22ClN3O3. The molecule has 3 aromatic rings. The smallest absolute Gasteiger partial charge is 0.326 e. The van der Waals surface area contributed by atoms with Crippen LogP contribution < -0.4 is 15.7 Å². The van der Waals surface area contributed by atoms with Gasteiger partial charge in [0.1, 0.15) is 5.75 Å². The van der Waals surface area contributed by atoms with E-state index < -0.39 is 0 Å². The van der Waals surface area contributed by atoms with Gasteiger partial charge in [0.2, 0.25) is 5.91 Å². The van der Waals surface area contributed by atoms with E-state index in [-0.39, 0.29) is 23.6 Å². The highest BCUT2D eigenvalue weighted by Crippen LogP contribution is 2.34. The number of nitrogens with one attached hydrogen (secondary N) is 2. The van der Waals surface area contributed by atoms with Gasteiger partial charge >= 0.3 is 5.69 Å². The maximum absolute atomic E-state index is 12.6. The van der Waals surface area contributed by atoms with E-state index >= 15 is 0 Å². The van der Waals surface area contributed by atoms with Crippen LogP contribution in [0.1, 0.15) is 31.7 Å². The lowest BCUT2D eigenvalue weighted by Gasteiger charge is -2.28. The summed E-state index contributed by atoms with van der Waals surface area (Å²) in [6.45, 7) is 0. The molecular weight excluding hydrogens is 378 g/mol. The number of H-pyrrole nitrogens is 1. The van der Waals surface area contributed by atoms with Crippen LogP contribution in [0.25, 0.3) is 11.0 Å². The van der Waals surface area contributed by atoms with Gasteiger partial charge in [-0.15, -0.1) is 0 Å². The number of methoxy groups -OCH3 is 1. The molecule has 6 nitrogen and oxygen atoms in total. The van der Waals surface area contributed by atoms with Crippen LogP contribution in [-0.4, -0.2) is 22.6 Å². The summed E-state index contributed by atoms with van der Waals surface area (Å²) in [4.78, 5) is 27.9. The lowest BCUT2D eigenvalue weighted by molar-refractivity contribution is -0.121. The van der Waals surface area contributed by atoms with Crippen LogP contribution in [0.5, 0.6) is 5.75 Å². The first-order valence-electron chi connectivity index (χ1n) is 9.40. The molecule has 1 amide bonds. The standard InChI is InChI=1S/C21H22ClN3O3/c1-28-16-11-7-14(8-12-16)23-20(26)13-5-9-15(10-6-13)25-18-4-2-3-17(22)19(18)24-21(25)27/h2-4,7-8,11-13,15H,5-6,9-10H2,1H3,(H,23,26)(H,24,27)/t13-,15+. The zero-order valence-electron chi connectivity index (χ0n) is 15.6. The Morgan fingerprint density at radius 3 is 2.54 bits per heavy atom. The van der Waals surface area contributed by atoms with Crippen molar-refractivity contribution < 1.29 is 9.53 Å². The van der Waals surface area contributed by atoms with Gasteiger partial charge in [0.05, 0.1) is 23.2 Å². The summed E-state index contributed by atoms with van der Waals surface area (Å²) in [6.07, 6.45) is 3.04. The Balaban J connectivity index is 1.43. The molecule has 0 atom stereocenters. The third kappa shape index (κ3) is 3.52. The summed E-state index contributed by atoms with van der Waals surface area (Å²) >= 11 is 6.20. The van der Waals surface area contributed by atoms with Gasteiger partial charge in [-0.1, -0.05) is 17.7 Å². The molecule has 2 N–H and O–H groups in total. The first kappa shape index (κ1) is 18.6. The number of halogens is 1. The Labute approximate surface area is 167 Å². The highest BCUT2D eigenvalue weighted by molar-refractivity contribution is 6.34. The van der Waals surface area contributed by atoms with E-state index in [1.54, 1.807) is 17.7 Å². The Morgan fingerprint density at radius 2 is 1.86 bits per heavy atom. The molecule has 146 valence electrons. The summed E-state index contributed by atoms with van der Waals surface area (Å²) in [5.74, 6) is 0.726. The first-order valence-corrected chi connectivity index (χ1v) is 9.78. The Kier molecular flexibility index (Phi) is 5.13. The second kappa shape index (κ2) is 7.72. The van der Waals surface area contributed by atoms with Crippen molar-refractivity contribution in [2.75, 3.05) is 12.4 Å².